The van der Waals surface area contributed by atoms with Crippen LogP contribution in [0.4, 0.5) is 10.8 Å². The summed E-state index contributed by atoms with van der Waals surface area (Å²) >= 11 is 1.60. The number of likely N-dealkylation sites (N-methyl/N-ethyl adjacent to an activating group) is 1. The Morgan fingerprint density at radius 1 is 0.867 bits per heavy atom. The molecule has 0 radical (unpaired) electrons. The van der Waals surface area contributed by atoms with Gasteiger partial charge < -0.3 is 10.2 Å². The third-order valence-corrected chi connectivity index (χ3v) is 5.83. The topological polar surface area (TPSA) is 41.0 Å². The molecule has 4 aromatic rings. The molecule has 0 saturated carbocycles. The molecule has 0 aliphatic carbocycles. The van der Waals surface area contributed by atoms with Gasteiger partial charge in [-0.1, -0.05) is 42.5 Å². The average Bonchev–Trinajstić information content (AvgIpc) is 3.27. The summed E-state index contributed by atoms with van der Waals surface area (Å²) in [5.74, 6) is 0. The van der Waals surface area contributed by atoms with E-state index in [1.807, 2.05) is 18.3 Å². The van der Waals surface area contributed by atoms with Gasteiger partial charge in [0.25, 0.3) is 0 Å². The summed E-state index contributed by atoms with van der Waals surface area (Å²) in [7, 11) is 2.20. The van der Waals surface area contributed by atoms with Crippen LogP contribution in [-0.2, 0) is 12.8 Å². The van der Waals surface area contributed by atoms with Crippen LogP contribution in [0.5, 0.6) is 0 Å². The molecule has 0 saturated heterocycles. The second kappa shape index (κ2) is 10.1. The molecule has 0 amide bonds. The molecular weight excluding hydrogens is 388 g/mol. The van der Waals surface area contributed by atoms with Crippen LogP contribution in [0.3, 0.4) is 0 Å². The molecular formula is C25H26N4S. The van der Waals surface area contributed by atoms with Crippen LogP contribution in [0.2, 0.25) is 0 Å². The SMILES string of the molecule is CN(CCc1ccccc1)CCc1ccc(Nc2nc(-c3cccnc3)cs2)cc1. The number of rotatable bonds is 9. The lowest BCUT2D eigenvalue weighted by Gasteiger charge is -2.16. The van der Waals surface area contributed by atoms with Crippen molar-refractivity contribution in [3.8, 4) is 11.3 Å². The molecule has 2 aromatic carbocycles. The zero-order chi connectivity index (χ0) is 20.6. The molecule has 0 bridgehead atoms. The van der Waals surface area contributed by atoms with Gasteiger partial charge in [-0.25, -0.2) is 4.98 Å². The molecule has 152 valence electrons. The van der Waals surface area contributed by atoms with Gasteiger partial charge in [0.05, 0.1) is 5.69 Å². The Hall–Kier alpha value is -3.02. The summed E-state index contributed by atoms with van der Waals surface area (Å²) in [5, 5.41) is 6.35. The first-order chi connectivity index (χ1) is 14.8. The predicted molar refractivity (Wildman–Crippen MR) is 126 cm³/mol. The summed E-state index contributed by atoms with van der Waals surface area (Å²) in [5.41, 5.74) is 5.79. The van der Waals surface area contributed by atoms with E-state index in [1.165, 1.54) is 11.1 Å². The maximum Gasteiger partial charge on any atom is 0.187 e. The van der Waals surface area contributed by atoms with E-state index in [0.717, 1.165) is 48.0 Å². The van der Waals surface area contributed by atoms with Crippen LogP contribution < -0.4 is 5.32 Å². The van der Waals surface area contributed by atoms with Crippen LogP contribution >= 0.6 is 11.3 Å². The largest absolute Gasteiger partial charge is 0.332 e. The molecule has 0 unspecified atom stereocenters. The third kappa shape index (κ3) is 5.75. The molecule has 1 N–H and O–H groups in total. The van der Waals surface area contributed by atoms with E-state index in [1.54, 1.807) is 17.5 Å². The van der Waals surface area contributed by atoms with Gasteiger partial charge in [-0.15, -0.1) is 11.3 Å². The molecule has 0 spiro atoms. The second-order valence-electron chi connectivity index (χ2n) is 7.39. The van der Waals surface area contributed by atoms with Crippen LogP contribution in [0, 0.1) is 0 Å². The Morgan fingerprint density at radius 2 is 1.60 bits per heavy atom. The first kappa shape index (κ1) is 20.3. The Labute approximate surface area is 182 Å². The monoisotopic (exact) mass is 414 g/mol. The highest BCUT2D eigenvalue weighted by molar-refractivity contribution is 7.14. The highest BCUT2D eigenvalue weighted by Gasteiger charge is 2.05. The fourth-order valence-electron chi connectivity index (χ4n) is 3.25. The lowest BCUT2D eigenvalue weighted by atomic mass is 10.1. The van der Waals surface area contributed by atoms with Gasteiger partial charge in [0.1, 0.15) is 0 Å². The quantitative estimate of drug-likeness (QED) is 0.383. The molecule has 30 heavy (non-hydrogen) atoms. The Kier molecular flexibility index (Phi) is 6.85. The minimum Gasteiger partial charge on any atom is -0.332 e. The van der Waals surface area contributed by atoms with Crippen molar-refractivity contribution in [2.24, 2.45) is 0 Å². The molecule has 0 aliphatic rings. The van der Waals surface area contributed by atoms with E-state index in [2.05, 4.69) is 87.2 Å². The second-order valence-corrected chi connectivity index (χ2v) is 8.25. The number of benzene rings is 2. The van der Waals surface area contributed by atoms with Crippen LogP contribution in [0.25, 0.3) is 11.3 Å². The first-order valence-corrected chi connectivity index (χ1v) is 11.1. The van der Waals surface area contributed by atoms with Crippen molar-refractivity contribution in [2.45, 2.75) is 12.8 Å². The number of hydrogen-bond acceptors (Lipinski definition) is 5. The molecule has 0 atom stereocenters. The van der Waals surface area contributed by atoms with Crippen molar-refractivity contribution in [3.05, 3.63) is 95.6 Å². The van der Waals surface area contributed by atoms with Crippen molar-refractivity contribution < 1.29 is 0 Å². The van der Waals surface area contributed by atoms with Gasteiger partial charge in [0.15, 0.2) is 5.13 Å². The van der Waals surface area contributed by atoms with Crippen molar-refractivity contribution >= 4 is 22.2 Å². The van der Waals surface area contributed by atoms with Gasteiger partial charge in [0.2, 0.25) is 0 Å². The molecule has 2 heterocycles. The number of aromatic nitrogens is 2. The fraction of sp³-hybridized carbons (Fsp3) is 0.200. The smallest absolute Gasteiger partial charge is 0.187 e. The highest BCUT2D eigenvalue weighted by Crippen LogP contribution is 2.26. The van der Waals surface area contributed by atoms with Gasteiger partial charge >= 0.3 is 0 Å². The Bertz CT molecular complexity index is 1030. The van der Waals surface area contributed by atoms with Gasteiger partial charge in [-0.05, 0) is 55.3 Å². The van der Waals surface area contributed by atoms with Crippen molar-refractivity contribution in [1.82, 2.24) is 14.9 Å². The number of anilines is 2. The van der Waals surface area contributed by atoms with Crippen LogP contribution in [0.15, 0.2) is 84.5 Å². The molecule has 5 heteroatoms. The van der Waals surface area contributed by atoms with E-state index in [-0.39, 0.29) is 0 Å². The molecule has 4 nitrogen and oxygen atoms in total. The lowest BCUT2D eigenvalue weighted by Crippen LogP contribution is -2.23. The van der Waals surface area contributed by atoms with Crippen LogP contribution in [-0.4, -0.2) is 35.0 Å². The Balaban J connectivity index is 1.25. The van der Waals surface area contributed by atoms with Gasteiger partial charge in [-0.3, -0.25) is 4.98 Å². The zero-order valence-corrected chi connectivity index (χ0v) is 18.0. The third-order valence-electron chi connectivity index (χ3n) is 5.07. The van der Waals surface area contributed by atoms with E-state index >= 15 is 0 Å². The molecule has 4 rings (SSSR count). The maximum absolute atomic E-state index is 4.66. The minimum atomic E-state index is 0.891. The molecule has 0 aliphatic heterocycles. The zero-order valence-electron chi connectivity index (χ0n) is 17.2. The number of hydrogen-bond donors (Lipinski definition) is 1. The average molecular weight is 415 g/mol. The summed E-state index contributed by atoms with van der Waals surface area (Å²) in [6.07, 6.45) is 5.76. The summed E-state index contributed by atoms with van der Waals surface area (Å²) in [6.45, 7) is 2.13. The molecule has 0 fully saturated rings. The molecule has 2 aromatic heterocycles. The Morgan fingerprint density at radius 3 is 2.30 bits per heavy atom. The fourth-order valence-corrected chi connectivity index (χ4v) is 3.99. The van der Waals surface area contributed by atoms with E-state index < -0.39 is 0 Å². The number of nitrogens with zero attached hydrogens (tertiary/aromatic N) is 3. The summed E-state index contributed by atoms with van der Waals surface area (Å²) < 4.78 is 0. The summed E-state index contributed by atoms with van der Waals surface area (Å²) in [4.78, 5) is 11.2. The number of pyridine rings is 1. The van der Waals surface area contributed by atoms with Gasteiger partial charge in [-0.2, -0.15) is 0 Å². The van der Waals surface area contributed by atoms with E-state index in [0.29, 0.717) is 0 Å². The minimum absolute atomic E-state index is 0.891. The normalized spacial score (nSPS) is 11.0. The predicted octanol–water partition coefficient (Wildman–Crippen LogP) is 5.67. The van der Waals surface area contributed by atoms with Crippen LogP contribution in [0.1, 0.15) is 11.1 Å². The van der Waals surface area contributed by atoms with Crippen molar-refractivity contribution in [3.63, 3.8) is 0 Å². The van der Waals surface area contributed by atoms with E-state index in [9.17, 15) is 0 Å². The van der Waals surface area contributed by atoms with E-state index in [4.69, 9.17) is 0 Å². The van der Waals surface area contributed by atoms with Crippen molar-refractivity contribution in [1.29, 1.82) is 0 Å². The summed E-state index contributed by atoms with van der Waals surface area (Å²) in [6, 6.07) is 23.3. The van der Waals surface area contributed by atoms with Gasteiger partial charge in [0, 0.05) is 42.1 Å². The number of thiazole rings is 1. The highest BCUT2D eigenvalue weighted by atomic mass is 32.1. The maximum atomic E-state index is 4.66. The van der Waals surface area contributed by atoms with Crippen molar-refractivity contribution in [2.75, 3.05) is 25.5 Å². The number of nitrogens with one attached hydrogen (secondary N) is 1. The lowest BCUT2D eigenvalue weighted by molar-refractivity contribution is 0.343. The first-order valence-electron chi connectivity index (χ1n) is 10.2. The standard InChI is InChI=1S/C25H26N4S/c1-29(16-13-20-6-3-2-4-7-20)17-14-21-9-11-23(12-10-21)27-25-28-24(19-30-25)22-8-5-15-26-18-22/h2-12,15,18-19H,13-14,16-17H2,1H3,(H,27,28).